The Morgan fingerprint density at radius 3 is 1.25 bits per heavy atom. The Kier molecular flexibility index (Phi) is 10.1. The Morgan fingerprint density at radius 1 is 0.500 bits per heavy atom. The molecular formula is C34H28O9S. The second kappa shape index (κ2) is 14.5. The van der Waals surface area contributed by atoms with E-state index in [0.717, 1.165) is 0 Å². The van der Waals surface area contributed by atoms with Crippen LogP contribution in [0.3, 0.4) is 0 Å². The van der Waals surface area contributed by atoms with Crippen LogP contribution in [0.1, 0.15) is 41.4 Å². The van der Waals surface area contributed by atoms with Gasteiger partial charge in [-0.2, -0.15) is 0 Å². The molecule has 0 N–H and O–H groups in total. The molecule has 1 fully saturated rings. The van der Waals surface area contributed by atoms with Crippen molar-refractivity contribution < 1.29 is 42.9 Å². The summed E-state index contributed by atoms with van der Waals surface area (Å²) in [4.78, 5) is 52.5. The molecule has 1 aliphatic rings. The van der Waals surface area contributed by atoms with Crippen molar-refractivity contribution in [3.8, 4) is 0 Å². The Hall–Kier alpha value is -4.93. The van der Waals surface area contributed by atoms with Gasteiger partial charge in [-0.05, 0) is 48.5 Å². The van der Waals surface area contributed by atoms with Crippen molar-refractivity contribution in [3.05, 3.63) is 144 Å². The third-order valence-corrected chi connectivity index (χ3v) is 7.17. The Balaban J connectivity index is 1.48. The fraction of sp³-hybridized carbons (Fsp3) is 0.176. The molecule has 4 aromatic rings. The van der Waals surface area contributed by atoms with E-state index in [4.69, 9.17) is 23.7 Å². The molecule has 1 aliphatic heterocycles. The van der Waals surface area contributed by atoms with Crippen LogP contribution in [0.5, 0.6) is 0 Å². The van der Waals surface area contributed by atoms with E-state index in [9.17, 15) is 19.2 Å². The molecule has 0 amide bonds. The topological polar surface area (TPSA) is 114 Å². The second-order valence-electron chi connectivity index (χ2n) is 9.74. The number of carbonyl (C=O) groups excluding carboxylic acids is 4. The lowest BCUT2D eigenvalue weighted by molar-refractivity contribution is -0.206. The van der Waals surface area contributed by atoms with Gasteiger partial charge >= 0.3 is 23.9 Å². The number of ether oxygens (including phenoxy) is 5. The maximum atomic E-state index is 13.3. The van der Waals surface area contributed by atoms with Crippen molar-refractivity contribution in [2.24, 2.45) is 0 Å². The van der Waals surface area contributed by atoms with Crippen molar-refractivity contribution >= 4 is 36.5 Å². The van der Waals surface area contributed by atoms with Gasteiger partial charge in [-0.3, -0.25) is 0 Å². The van der Waals surface area contributed by atoms with E-state index in [2.05, 4.69) is 12.6 Å². The highest BCUT2D eigenvalue weighted by atomic mass is 32.1. The molecule has 0 aliphatic carbocycles. The monoisotopic (exact) mass is 612 g/mol. The van der Waals surface area contributed by atoms with Gasteiger partial charge in [-0.1, -0.05) is 72.8 Å². The summed E-state index contributed by atoms with van der Waals surface area (Å²) in [7, 11) is 0. The molecule has 1 saturated heterocycles. The van der Waals surface area contributed by atoms with E-state index in [1.165, 1.54) is 0 Å². The molecule has 10 heteroatoms. The Bertz CT molecular complexity index is 1570. The molecule has 0 saturated carbocycles. The highest BCUT2D eigenvalue weighted by Gasteiger charge is 2.52. The molecule has 0 spiro atoms. The second-order valence-corrected chi connectivity index (χ2v) is 10.2. The van der Waals surface area contributed by atoms with Crippen LogP contribution in [0.25, 0.3) is 0 Å². The van der Waals surface area contributed by atoms with E-state index < -0.39 is 60.3 Å². The minimum Gasteiger partial charge on any atom is -0.459 e. The van der Waals surface area contributed by atoms with Gasteiger partial charge in [0.05, 0.1) is 22.3 Å². The molecule has 5 atom stereocenters. The van der Waals surface area contributed by atoms with Gasteiger partial charge in [0.25, 0.3) is 0 Å². The van der Waals surface area contributed by atoms with Crippen molar-refractivity contribution in [3.63, 3.8) is 0 Å². The number of hydrogen-bond donors (Lipinski definition) is 1. The van der Waals surface area contributed by atoms with Gasteiger partial charge in [0.15, 0.2) is 18.3 Å². The number of carbonyl (C=O) groups is 4. The Morgan fingerprint density at radius 2 is 0.841 bits per heavy atom. The third-order valence-electron chi connectivity index (χ3n) is 6.76. The van der Waals surface area contributed by atoms with Gasteiger partial charge in [-0.25, -0.2) is 19.2 Å². The van der Waals surface area contributed by atoms with Crippen LogP contribution in [0, 0.1) is 0 Å². The van der Waals surface area contributed by atoms with E-state index >= 15 is 0 Å². The molecular weight excluding hydrogens is 584 g/mol. The van der Waals surface area contributed by atoms with Crippen molar-refractivity contribution in [1.82, 2.24) is 0 Å². The van der Waals surface area contributed by atoms with Crippen LogP contribution in [-0.4, -0.2) is 60.3 Å². The van der Waals surface area contributed by atoms with Crippen LogP contribution in [0.4, 0.5) is 0 Å². The number of rotatable bonds is 9. The van der Waals surface area contributed by atoms with Crippen molar-refractivity contribution in [2.45, 2.75) is 29.9 Å². The summed E-state index contributed by atoms with van der Waals surface area (Å²) < 4.78 is 29.1. The molecule has 0 aromatic heterocycles. The van der Waals surface area contributed by atoms with Crippen molar-refractivity contribution in [2.75, 3.05) is 6.61 Å². The molecule has 1 heterocycles. The number of hydrogen-bond acceptors (Lipinski definition) is 10. The molecule has 9 nitrogen and oxygen atoms in total. The van der Waals surface area contributed by atoms with Gasteiger partial charge in [0.1, 0.15) is 18.1 Å². The summed E-state index contributed by atoms with van der Waals surface area (Å²) in [5.74, 6) is -2.90. The van der Waals surface area contributed by atoms with Gasteiger partial charge < -0.3 is 23.7 Å². The summed E-state index contributed by atoms with van der Waals surface area (Å²) in [6.07, 6.45) is -5.26. The van der Waals surface area contributed by atoms with Crippen molar-refractivity contribution in [1.29, 1.82) is 0 Å². The first-order valence-corrected chi connectivity index (χ1v) is 14.3. The zero-order chi connectivity index (χ0) is 30.9. The molecule has 5 rings (SSSR count). The molecule has 44 heavy (non-hydrogen) atoms. The molecule has 0 radical (unpaired) electrons. The van der Waals surface area contributed by atoms with Gasteiger partial charge in [-0.15, -0.1) is 12.6 Å². The third kappa shape index (κ3) is 7.52. The first-order valence-electron chi connectivity index (χ1n) is 13.7. The normalized spacial score (nSPS) is 21.0. The van der Waals surface area contributed by atoms with E-state index in [1.54, 1.807) is 121 Å². The Labute approximate surface area is 259 Å². The molecule has 0 unspecified atom stereocenters. The van der Waals surface area contributed by atoms with E-state index in [1.807, 2.05) is 0 Å². The summed E-state index contributed by atoms with van der Waals surface area (Å²) >= 11 is 4.52. The van der Waals surface area contributed by atoms with Crippen LogP contribution in [0.15, 0.2) is 121 Å². The minimum absolute atomic E-state index is 0.211. The molecule has 224 valence electrons. The fourth-order valence-electron chi connectivity index (χ4n) is 4.54. The summed E-state index contributed by atoms with van der Waals surface area (Å²) in [6.45, 7) is -0.393. The van der Waals surface area contributed by atoms with Gasteiger partial charge in [0.2, 0.25) is 0 Å². The summed E-state index contributed by atoms with van der Waals surface area (Å²) in [5, 5.41) is 0. The zero-order valence-corrected chi connectivity index (χ0v) is 24.2. The zero-order valence-electron chi connectivity index (χ0n) is 23.3. The minimum atomic E-state index is -1.40. The highest BCUT2D eigenvalue weighted by Crippen LogP contribution is 2.32. The van der Waals surface area contributed by atoms with Crippen LogP contribution in [-0.2, 0) is 23.7 Å². The predicted octanol–water partition coefficient (Wildman–Crippen LogP) is 5.17. The predicted molar refractivity (Wildman–Crippen MR) is 161 cm³/mol. The SMILES string of the molecule is O=C(OC[C@H]1O[C@@H](S)[C@H](OC(=O)c2ccccc2)[C@@H](OC(=O)c2ccccc2)[C@@H]1OC(=O)c1ccccc1)c1ccccc1. The van der Waals surface area contributed by atoms with Gasteiger partial charge in [0, 0.05) is 0 Å². The summed E-state index contributed by atoms with van der Waals surface area (Å²) in [5.41, 5.74) is -0.207. The average Bonchev–Trinajstić information content (AvgIpc) is 3.07. The fourth-order valence-corrected chi connectivity index (χ4v) is 4.93. The standard InChI is InChI=1S/C34H28O9S/c35-30(22-13-5-1-6-14-22)39-21-26-27(41-31(36)23-15-7-2-8-16-23)28(42-32(37)24-17-9-3-10-18-24)29(34(44)40-26)43-33(38)25-19-11-4-12-20-25/h1-20,26-29,34,44H,21H2/t26-,27-,28+,29-,34+/m1/s1. The largest absolute Gasteiger partial charge is 0.459 e. The van der Waals surface area contributed by atoms with E-state index in [0.29, 0.717) is 5.56 Å². The van der Waals surface area contributed by atoms with Crippen LogP contribution < -0.4 is 0 Å². The smallest absolute Gasteiger partial charge is 0.338 e. The number of thiol groups is 1. The van der Waals surface area contributed by atoms with Crippen LogP contribution in [0.2, 0.25) is 0 Å². The average molecular weight is 613 g/mol. The lowest BCUT2D eigenvalue weighted by Gasteiger charge is -2.43. The maximum absolute atomic E-state index is 13.3. The summed E-state index contributed by atoms with van der Waals surface area (Å²) in [6, 6.07) is 32.8. The number of benzene rings is 4. The first kappa shape index (κ1) is 30.5. The lowest BCUT2D eigenvalue weighted by atomic mass is 9.98. The first-order chi connectivity index (χ1) is 21.4. The quantitative estimate of drug-likeness (QED) is 0.155. The molecule has 0 bridgehead atoms. The number of esters is 4. The van der Waals surface area contributed by atoms with Crippen LogP contribution >= 0.6 is 12.6 Å². The highest BCUT2D eigenvalue weighted by molar-refractivity contribution is 7.80. The lowest BCUT2D eigenvalue weighted by Crippen LogP contribution is -2.61. The van der Waals surface area contributed by atoms with E-state index in [-0.39, 0.29) is 16.7 Å². The maximum Gasteiger partial charge on any atom is 0.338 e. The molecule has 4 aromatic carbocycles.